The first-order valence-electron chi connectivity index (χ1n) is 11.0. The summed E-state index contributed by atoms with van der Waals surface area (Å²) in [5, 5.41) is 36.3. The van der Waals surface area contributed by atoms with Gasteiger partial charge in [0.15, 0.2) is 5.96 Å². The number of aliphatic hydroxyl groups is 1. The van der Waals surface area contributed by atoms with Crippen LogP contribution in [0, 0.1) is 5.41 Å². The summed E-state index contributed by atoms with van der Waals surface area (Å²) in [4.78, 5) is 71.7. The second-order valence-electron chi connectivity index (χ2n) is 7.70. The summed E-state index contributed by atoms with van der Waals surface area (Å²) < 4.78 is 0. The van der Waals surface area contributed by atoms with E-state index in [1.807, 2.05) is 5.32 Å². The Kier molecular flexibility index (Phi) is 14.8. The van der Waals surface area contributed by atoms with Crippen molar-refractivity contribution in [3.05, 3.63) is 0 Å². The number of urea groups is 1. The van der Waals surface area contributed by atoms with Crippen molar-refractivity contribution >= 4 is 41.6 Å². The highest BCUT2D eigenvalue weighted by atomic mass is 16.4. The Morgan fingerprint density at radius 3 is 2.00 bits per heavy atom. The number of imide groups is 1. The summed E-state index contributed by atoms with van der Waals surface area (Å²) in [6, 6.07) is -6.55. The van der Waals surface area contributed by atoms with E-state index in [2.05, 4.69) is 21.3 Å². The molecular formula is C19H35N9O8. The molecule has 0 unspecified atom stereocenters. The van der Waals surface area contributed by atoms with Crippen molar-refractivity contribution in [1.29, 1.82) is 5.41 Å². The number of hydrogen-bond donors (Lipinski definition) is 11. The fourth-order valence-corrected chi connectivity index (χ4v) is 2.78. The topological polar surface area (TPSA) is 305 Å². The minimum atomic E-state index is -1.57. The minimum absolute atomic E-state index is 0.0850. The third-order valence-corrected chi connectivity index (χ3v) is 4.63. The zero-order valence-corrected chi connectivity index (χ0v) is 19.8. The van der Waals surface area contributed by atoms with Gasteiger partial charge in [0, 0.05) is 6.54 Å². The molecule has 36 heavy (non-hydrogen) atoms. The lowest BCUT2D eigenvalue weighted by atomic mass is 10.1. The molecule has 0 fully saturated rings. The van der Waals surface area contributed by atoms with E-state index in [4.69, 9.17) is 27.7 Å². The van der Waals surface area contributed by atoms with Gasteiger partial charge in [-0.25, -0.2) is 4.79 Å². The molecule has 0 aromatic rings. The molecule has 0 aromatic carbocycles. The molecule has 17 heteroatoms. The predicted molar refractivity (Wildman–Crippen MR) is 125 cm³/mol. The molecule has 6 amide bonds. The van der Waals surface area contributed by atoms with Crippen LogP contribution in [-0.2, 0) is 24.0 Å². The van der Waals surface area contributed by atoms with Crippen molar-refractivity contribution in [2.75, 3.05) is 13.2 Å². The zero-order chi connectivity index (χ0) is 27.8. The molecule has 14 N–H and O–H groups in total. The number of guanidine groups is 1. The van der Waals surface area contributed by atoms with Gasteiger partial charge in [0.1, 0.15) is 18.1 Å². The number of aliphatic hydroxyl groups excluding tert-OH is 1. The number of carbonyl (C=O) groups excluding carboxylic acids is 5. The van der Waals surface area contributed by atoms with E-state index in [0.717, 1.165) is 0 Å². The van der Waals surface area contributed by atoms with Gasteiger partial charge in [-0.2, -0.15) is 0 Å². The van der Waals surface area contributed by atoms with E-state index in [-0.39, 0.29) is 25.3 Å². The molecule has 204 valence electrons. The highest BCUT2D eigenvalue weighted by molar-refractivity contribution is 6.00. The molecule has 0 saturated carbocycles. The van der Waals surface area contributed by atoms with E-state index in [9.17, 15) is 33.9 Å². The number of carboxylic acid groups (broad SMARTS) is 1. The van der Waals surface area contributed by atoms with Crippen LogP contribution in [0.5, 0.6) is 0 Å². The maximum atomic E-state index is 12.6. The average Bonchev–Trinajstić information content (AvgIpc) is 2.78. The number of carbonyl (C=O) groups is 6. The van der Waals surface area contributed by atoms with E-state index in [1.54, 1.807) is 6.92 Å². The number of aliphatic carboxylic acids is 1. The number of rotatable bonds is 16. The van der Waals surface area contributed by atoms with E-state index in [0.29, 0.717) is 12.8 Å². The summed E-state index contributed by atoms with van der Waals surface area (Å²) in [7, 11) is 0. The normalized spacial score (nSPS) is 13.8. The second kappa shape index (κ2) is 16.6. The first-order valence-corrected chi connectivity index (χ1v) is 11.0. The average molecular weight is 518 g/mol. The van der Waals surface area contributed by atoms with Gasteiger partial charge in [-0.15, -0.1) is 0 Å². The van der Waals surface area contributed by atoms with Crippen molar-refractivity contribution in [3.8, 4) is 0 Å². The minimum Gasteiger partial charge on any atom is -0.481 e. The number of nitrogens with one attached hydrogen (secondary N) is 6. The molecule has 0 saturated heterocycles. The van der Waals surface area contributed by atoms with E-state index < -0.39 is 72.8 Å². The summed E-state index contributed by atoms with van der Waals surface area (Å²) >= 11 is 0. The van der Waals surface area contributed by atoms with Gasteiger partial charge in [-0.05, 0) is 19.3 Å². The summed E-state index contributed by atoms with van der Waals surface area (Å²) in [6.45, 7) is 1.08. The van der Waals surface area contributed by atoms with Crippen LogP contribution in [0.25, 0.3) is 0 Å². The van der Waals surface area contributed by atoms with Crippen molar-refractivity contribution < 1.29 is 39.0 Å². The number of hydrogen-bond acceptors (Lipinski definition) is 9. The third-order valence-electron chi connectivity index (χ3n) is 4.63. The highest BCUT2D eigenvalue weighted by Gasteiger charge is 2.29. The predicted octanol–water partition coefficient (Wildman–Crippen LogP) is -4.51. The Labute approximate surface area is 206 Å². The van der Waals surface area contributed by atoms with Crippen LogP contribution in [0.3, 0.4) is 0 Å². The van der Waals surface area contributed by atoms with Crippen molar-refractivity contribution in [2.24, 2.45) is 17.2 Å². The fourth-order valence-electron chi connectivity index (χ4n) is 2.78. The summed E-state index contributed by atoms with van der Waals surface area (Å²) in [6.07, 6.45) is 0.217. The van der Waals surface area contributed by atoms with Gasteiger partial charge < -0.3 is 48.7 Å². The Morgan fingerprint density at radius 1 is 0.889 bits per heavy atom. The van der Waals surface area contributed by atoms with Crippen LogP contribution >= 0.6 is 0 Å². The molecule has 0 bridgehead atoms. The lowest BCUT2D eigenvalue weighted by molar-refractivity contribution is -0.140. The number of carboxylic acids is 1. The van der Waals surface area contributed by atoms with Crippen LogP contribution < -0.4 is 43.8 Å². The van der Waals surface area contributed by atoms with E-state index in [1.165, 1.54) is 0 Å². The zero-order valence-electron chi connectivity index (χ0n) is 19.8. The molecule has 0 aliphatic heterocycles. The molecule has 17 nitrogen and oxygen atoms in total. The molecule has 0 rings (SSSR count). The molecule has 0 aliphatic carbocycles. The fraction of sp³-hybridized carbons (Fsp3) is 0.632. The van der Waals surface area contributed by atoms with Crippen molar-refractivity contribution in [1.82, 2.24) is 26.6 Å². The van der Waals surface area contributed by atoms with Crippen LogP contribution in [0.2, 0.25) is 0 Å². The Hall–Kier alpha value is -3.99. The van der Waals surface area contributed by atoms with Gasteiger partial charge in [0.2, 0.25) is 17.7 Å². The molecular weight excluding hydrogens is 482 g/mol. The van der Waals surface area contributed by atoms with Gasteiger partial charge in [-0.1, -0.05) is 13.3 Å². The highest BCUT2D eigenvalue weighted by Crippen LogP contribution is 2.01. The molecule has 0 heterocycles. The first kappa shape index (κ1) is 32.0. The summed E-state index contributed by atoms with van der Waals surface area (Å²) in [5.74, 6) is -5.64. The maximum Gasteiger partial charge on any atom is 0.322 e. The second-order valence-corrected chi connectivity index (χ2v) is 7.70. The molecule has 0 aromatic heterocycles. The number of nitrogens with two attached hydrogens (primary N) is 3. The quantitative estimate of drug-likeness (QED) is 0.0526. The van der Waals surface area contributed by atoms with Crippen LogP contribution in [0.15, 0.2) is 0 Å². The number of primary amides is 1. The maximum absolute atomic E-state index is 12.6. The van der Waals surface area contributed by atoms with Crippen molar-refractivity contribution in [2.45, 2.75) is 63.2 Å². The Balaban J connectivity index is 5.29. The molecule has 0 aliphatic rings. The van der Waals surface area contributed by atoms with E-state index >= 15 is 0 Å². The molecule has 0 radical (unpaired) electrons. The lowest BCUT2D eigenvalue weighted by Gasteiger charge is -2.22. The number of amides is 6. The third kappa shape index (κ3) is 13.0. The van der Waals surface area contributed by atoms with Crippen LogP contribution in [0.4, 0.5) is 4.79 Å². The standard InChI is InChI=1S/C19H35N9O8/c1-2-4-9(20)15(33)26-12(8-29)17(35)28-19(36)27-10(5-3-6-24-18(22)23)16(34)25-11(14(21)32)7-13(30)31/h9-12,29H,2-8,20H2,1H3,(H2,21,32)(H,25,34)(H,26,33)(H,30,31)(H4,22,23,24)(H2,27,28,35,36)/t9-,10+,11-,12-/m0/s1. The SMILES string of the molecule is CCC[C@H](N)C(=O)N[C@@H](CO)C(=O)NC(=O)N[C@H](CCCNC(=N)N)C(=O)N[C@@H](CC(=O)O)C(N)=O. The van der Waals surface area contributed by atoms with Crippen molar-refractivity contribution in [3.63, 3.8) is 0 Å². The summed E-state index contributed by atoms with van der Waals surface area (Å²) in [5.41, 5.74) is 15.9. The van der Waals surface area contributed by atoms with Crippen LogP contribution in [0.1, 0.15) is 39.0 Å². The molecule has 4 atom stereocenters. The first-order chi connectivity index (χ1) is 16.8. The van der Waals surface area contributed by atoms with Gasteiger partial charge >= 0.3 is 12.0 Å². The lowest BCUT2D eigenvalue weighted by Crippen LogP contribution is -2.58. The van der Waals surface area contributed by atoms with Crippen LogP contribution in [-0.4, -0.2) is 89.1 Å². The monoisotopic (exact) mass is 517 g/mol. The largest absolute Gasteiger partial charge is 0.481 e. The molecule has 0 spiro atoms. The Bertz CT molecular complexity index is 823. The Morgan fingerprint density at radius 2 is 1.50 bits per heavy atom. The van der Waals surface area contributed by atoms with Gasteiger partial charge in [0.05, 0.1) is 19.1 Å². The smallest absolute Gasteiger partial charge is 0.322 e. The van der Waals surface area contributed by atoms with Gasteiger partial charge in [-0.3, -0.25) is 34.7 Å². The van der Waals surface area contributed by atoms with Gasteiger partial charge in [0.25, 0.3) is 5.91 Å².